The molecule has 6 N–H and O–H groups in total. The Kier molecular flexibility index (Phi) is 41.5. The average Bonchev–Trinajstić information content (AvgIpc) is 3.32. The second kappa shape index (κ2) is 44.5. The molecule has 0 aliphatic heterocycles. The molecule has 0 aromatic heterocycles. The van der Waals surface area contributed by atoms with Crippen molar-refractivity contribution in [3.63, 3.8) is 0 Å². The highest BCUT2D eigenvalue weighted by atomic mass is 31.2. The van der Waals surface area contributed by atoms with E-state index < -0.39 is 63.1 Å². The zero-order chi connectivity index (χ0) is 49.8. The fraction of sp³-hybridized carbons (Fsp3) is 0.727. The number of esters is 1. The first-order valence-corrected chi connectivity index (χ1v) is 27.9. The third-order valence-corrected chi connectivity index (χ3v) is 12.7. The van der Waals surface area contributed by atoms with Crippen LogP contribution in [0.2, 0.25) is 0 Å². The van der Waals surface area contributed by atoms with Crippen LogP contribution < -0.4 is 0 Å². The zero-order valence-electron chi connectivity index (χ0n) is 42.1. The van der Waals surface area contributed by atoms with Gasteiger partial charge in [-0.25, -0.2) is 4.57 Å². The summed E-state index contributed by atoms with van der Waals surface area (Å²) in [6.07, 6.45) is 47.9. The molecule has 0 radical (unpaired) electrons. The van der Waals surface area contributed by atoms with E-state index in [1.807, 2.05) is 0 Å². The number of phosphoric ester groups is 1. The van der Waals surface area contributed by atoms with Crippen LogP contribution in [0, 0.1) is 0 Å². The van der Waals surface area contributed by atoms with Crippen molar-refractivity contribution in [2.45, 2.75) is 236 Å². The highest BCUT2D eigenvalue weighted by molar-refractivity contribution is 7.47. The summed E-state index contributed by atoms with van der Waals surface area (Å²) >= 11 is 0. The number of ether oxygens (including phenoxy) is 2. The van der Waals surface area contributed by atoms with Gasteiger partial charge in [-0.05, 0) is 89.9 Å². The van der Waals surface area contributed by atoms with E-state index in [2.05, 4.69) is 98.9 Å². The molecule has 0 heterocycles. The van der Waals surface area contributed by atoms with Crippen LogP contribution >= 0.6 is 7.82 Å². The van der Waals surface area contributed by atoms with Gasteiger partial charge in [-0.1, -0.05) is 182 Å². The molecule has 1 aliphatic rings. The van der Waals surface area contributed by atoms with Gasteiger partial charge in [0, 0.05) is 13.0 Å². The van der Waals surface area contributed by atoms with E-state index in [9.17, 15) is 39.8 Å². The number of hydrogen-bond donors (Lipinski definition) is 6. The minimum Gasteiger partial charge on any atom is -0.457 e. The first-order chi connectivity index (χ1) is 33.0. The van der Waals surface area contributed by atoms with Crippen molar-refractivity contribution in [2.24, 2.45) is 0 Å². The lowest BCUT2D eigenvalue weighted by Crippen LogP contribution is -2.64. The highest BCUT2D eigenvalue weighted by Gasteiger charge is 2.51. The molecule has 68 heavy (non-hydrogen) atoms. The first kappa shape index (κ1) is 63.5. The Morgan fingerprint density at radius 1 is 0.485 bits per heavy atom. The average molecular weight is 979 g/mol. The Bertz CT molecular complexity index is 1440. The largest absolute Gasteiger partial charge is 0.472 e. The number of aliphatic hydroxyl groups excluding tert-OH is 5. The smallest absolute Gasteiger partial charge is 0.457 e. The van der Waals surface area contributed by atoms with Crippen LogP contribution in [0.4, 0.5) is 0 Å². The van der Waals surface area contributed by atoms with E-state index in [4.69, 9.17) is 18.5 Å². The van der Waals surface area contributed by atoms with Gasteiger partial charge in [-0.15, -0.1) is 0 Å². The fourth-order valence-electron chi connectivity index (χ4n) is 7.59. The minimum atomic E-state index is -5.04. The van der Waals surface area contributed by atoms with Crippen LogP contribution in [0.25, 0.3) is 0 Å². The highest BCUT2D eigenvalue weighted by Crippen LogP contribution is 2.47. The van der Waals surface area contributed by atoms with Crippen molar-refractivity contribution in [1.29, 1.82) is 0 Å². The predicted molar refractivity (Wildman–Crippen MR) is 276 cm³/mol. The summed E-state index contributed by atoms with van der Waals surface area (Å²) in [5.41, 5.74) is 0. The molecule has 0 bridgehead atoms. The van der Waals surface area contributed by atoms with Crippen LogP contribution in [0.3, 0.4) is 0 Å². The molecular formula is C55H95O12P. The summed E-state index contributed by atoms with van der Waals surface area (Å²) in [6.45, 7) is 4.10. The van der Waals surface area contributed by atoms with Gasteiger partial charge in [0.05, 0.1) is 13.2 Å². The SMILES string of the molecule is CC/C=C\C/C=C\C/C=C\C/C=C\C/C=C\C/C=C\CCCCCCCOCC(COP(=O)(O)OC1C(O)C(O)C(O)C(O)C1O)OC(=O)CCCCCCCCC/C=C\CCCCCCCC. The molecule has 0 aromatic carbocycles. The molecule has 12 nitrogen and oxygen atoms in total. The number of unbranched alkanes of at least 4 members (excludes halogenated alkanes) is 18. The van der Waals surface area contributed by atoms with E-state index in [1.165, 1.54) is 57.8 Å². The number of rotatable bonds is 44. The summed E-state index contributed by atoms with van der Waals surface area (Å²) in [7, 11) is -5.04. The molecule has 392 valence electrons. The predicted octanol–water partition coefficient (Wildman–Crippen LogP) is 12.1. The molecule has 1 saturated carbocycles. The second-order valence-corrected chi connectivity index (χ2v) is 19.4. The Morgan fingerprint density at radius 3 is 1.34 bits per heavy atom. The lowest BCUT2D eigenvalue weighted by atomic mass is 9.85. The van der Waals surface area contributed by atoms with Crippen LogP contribution in [0.15, 0.2) is 85.1 Å². The number of aliphatic hydroxyl groups is 5. The third-order valence-electron chi connectivity index (χ3n) is 11.8. The van der Waals surface area contributed by atoms with Gasteiger partial charge >= 0.3 is 13.8 Å². The van der Waals surface area contributed by atoms with E-state index >= 15 is 0 Å². The third kappa shape index (κ3) is 35.6. The standard InChI is InChI=1S/C55H95O12P/c1-3-5-7-9-11-13-15-17-19-21-22-23-24-25-26-27-29-31-33-35-37-39-41-43-45-64-46-48(47-65-68(62,63)67-55-53(60)51(58)50(57)52(59)54(55)61)66-49(56)44-42-40-38-36-34-32-30-28-20-18-16-14-12-10-8-6-4-2/h5,7,11,13,17-20,22-23,25-26,29,31,48,50-55,57-61H,3-4,6,8-10,12,14-16,21,24,27-28,30,32-47H2,1-2H3,(H,62,63)/b7-5-,13-11-,19-17-,20-18-,23-22-,26-25-,31-29-. The number of carbonyl (C=O) groups is 1. The molecule has 0 saturated heterocycles. The van der Waals surface area contributed by atoms with E-state index in [0.717, 1.165) is 109 Å². The second-order valence-electron chi connectivity index (χ2n) is 18.0. The van der Waals surface area contributed by atoms with Crippen molar-refractivity contribution >= 4 is 13.8 Å². The first-order valence-electron chi connectivity index (χ1n) is 26.4. The van der Waals surface area contributed by atoms with Gasteiger partial charge in [0.25, 0.3) is 0 Å². The lowest BCUT2D eigenvalue weighted by molar-refractivity contribution is -0.220. The molecular weight excluding hydrogens is 884 g/mol. The molecule has 1 aliphatic carbocycles. The van der Waals surface area contributed by atoms with Crippen molar-refractivity contribution in [1.82, 2.24) is 0 Å². The maximum atomic E-state index is 12.9. The van der Waals surface area contributed by atoms with Crippen molar-refractivity contribution in [3.05, 3.63) is 85.1 Å². The van der Waals surface area contributed by atoms with Gasteiger partial charge in [0.1, 0.15) is 42.7 Å². The van der Waals surface area contributed by atoms with Gasteiger partial charge in [0.2, 0.25) is 0 Å². The number of hydrogen-bond acceptors (Lipinski definition) is 11. The Morgan fingerprint density at radius 2 is 0.868 bits per heavy atom. The molecule has 6 unspecified atom stereocenters. The Hall–Kier alpha value is -2.48. The molecule has 0 aromatic rings. The molecule has 13 heteroatoms. The van der Waals surface area contributed by atoms with Gasteiger partial charge < -0.3 is 39.9 Å². The molecule has 0 spiro atoms. The van der Waals surface area contributed by atoms with Gasteiger partial charge in [-0.2, -0.15) is 0 Å². The Balaban J connectivity index is 2.36. The number of carbonyl (C=O) groups excluding carboxylic acids is 1. The molecule has 6 atom stereocenters. The van der Waals surface area contributed by atoms with E-state index in [1.54, 1.807) is 0 Å². The van der Waals surface area contributed by atoms with Crippen molar-refractivity contribution in [2.75, 3.05) is 19.8 Å². The van der Waals surface area contributed by atoms with Gasteiger partial charge in [-0.3, -0.25) is 13.8 Å². The Labute approximate surface area is 412 Å². The summed E-state index contributed by atoms with van der Waals surface area (Å²) in [4.78, 5) is 23.3. The summed E-state index contributed by atoms with van der Waals surface area (Å²) in [5, 5.41) is 50.3. The molecule has 1 fully saturated rings. The van der Waals surface area contributed by atoms with Crippen molar-refractivity contribution < 1.29 is 58.3 Å². The van der Waals surface area contributed by atoms with Crippen LogP contribution in [-0.4, -0.2) is 98.9 Å². The quantitative estimate of drug-likeness (QED) is 0.0147. The fourth-order valence-corrected chi connectivity index (χ4v) is 8.56. The summed E-state index contributed by atoms with van der Waals surface area (Å²) < 4.78 is 34.3. The van der Waals surface area contributed by atoms with E-state index in [-0.39, 0.29) is 13.0 Å². The zero-order valence-corrected chi connectivity index (χ0v) is 43.0. The molecule has 1 rings (SSSR count). The van der Waals surface area contributed by atoms with Crippen LogP contribution in [0.5, 0.6) is 0 Å². The topological polar surface area (TPSA) is 192 Å². The normalized spacial score (nSPS) is 21.8. The monoisotopic (exact) mass is 979 g/mol. The van der Waals surface area contributed by atoms with Crippen LogP contribution in [0.1, 0.15) is 194 Å². The molecule has 0 amide bonds. The van der Waals surface area contributed by atoms with E-state index in [0.29, 0.717) is 13.0 Å². The number of phosphoric acid groups is 1. The van der Waals surface area contributed by atoms with Gasteiger partial charge in [0.15, 0.2) is 0 Å². The maximum absolute atomic E-state index is 12.9. The maximum Gasteiger partial charge on any atom is 0.472 e. The van der Waals surface area contributed by atoms with Crippen molar-refractivity contribution in [3.8, 4) is 0 Å². The number of allylic oxidation sites excluding steroid dienone is 14. The lowest BCUT2D eigenvalue weighted by Gasteiger charge is -2.41. The van der Waals surface area contributed by atoms with Crippen LogP contribution in [-0.2, 0) is 27.9 Å². The minimum absolute atomic E-state index is 0.0963. The summed E-state index contributed by atoms with van der Waals surface area (Å²) in [5.74, 6) is -0.492. The summed E-state index contributed by atoms with van der Waals surface area (Å²) in [6, 6.07) is 0.